The van der Waals surface area contributed by atoms with Gasteiger partial charge in [0.1, 0.15) is 17.1 Å². The molecule has 1 saturated heterocycles. The van der Waals surface area contributed by atoms with Gasteiger partial charge in [-0.2, -0.15) is 0 Å². The molecule has 12 heteroatoms. The van der Waals surface area contributed by atoms with Crippen LogP contribution in [0.3, 0.4) is 0 Å². The normalized spacial score (nSPS) is 19.5. The quantitative estimate of drug-likeness (QED) is 0.0834. The minimum absolute atomic E-state index is 0.0152. The second-order valence-electron chi connectivity index (χ2n) is 9.99. The van der Waals surface area contributed by atoms with Crippen molar-refractivity contribution >= 4 is 36.6 Å². The first-order valence-electron chi connectivity index (χ1n) is 14.0. The van der Waals surface area contributed by atoms with Crippen molar-refractivity contribution in [3.05, 3.63) is 46.5 Å². The zero-order valence-electron chi connectivity index (χ0n) is 24.1. The Labute approximate surface area is 247 Å². The number of benzene rings is 1. The van der Waals surface area contributed by atoms with Crippen molar-refractivity contribution < 1.29 is 37.7 Å². The average Bonchev–Trinajstić information content (AvgIpc) is 2.93. The molecule has 0 bridgehead atoms. The summed E-state index contributed by atoms with van der Waals surface area (Å²) in [6.07, 6.45) is 12.8. The first-order chi connectivity index (χ1) is 19.7. The summed E-state index contributed by atoms with van der Waals surface area (Å²) in [6, 6.07) is 1.42. The summed E-state index contributed by atoms with van der Waals surface area (Å²) >= 11 is 6.81. The van der Waals surface area contributed by atoms with E-state index in [1.807, 2.05) is 25.2 Å². The molecule has 41 heavy (non-hydrogen) atoms. The van der Waals surface area contributed by atoms with Crippen LogP contribution in [0.4, 0.5) is 0 Å². The molecule has 0 aliphatic carbocycles. The highest BCUT2D eigenvalue weighted by molar-refractivity contribution is 7.57. The zero-order valence-corrected chi connectivity index (χ0v) is 25.7. The number of esters is 1. The van der Waals surface area contributed by atoms with Gasteiger partial charge in [-0.15, -0.1) is 0 Å². The molecule has 0 spiro atoms. The molecule has 0 saturated carbocycles. The predicted octanol–water partition coefficient (Wildman–Crippen LogP) is 6.01. The molecule has 0 atom stereocenters. The third-order valence-corrected chi connectivity index (χ3v) is 7.30. The second kappa shape index (κ2) is 16.6. The molecule has 10 nitrogen and oxygen atoms in total. The summed E-state index contributed by atoms with van der Waals surface area (Å²) in [4.78, 5) is 33.3. The second-order valence-corrected chi connectivity index (χ2v) is 13.1. The number of carbonyl (C=O) groups excluding carboxylic acids is 2. The lowest BCUT2D eigenvalue weighted by atomic mass is 9.99. The van der Waals surface area contributed by atoms with Crippen LogP contribution in [0.25, 0.3) is 0 Å². The summed E-state index contributed by atoms with van der Waals surface area (Å²) in [5.41, 5.74) is 0.739. The number of fused-ring (bicyclic) bond motifs is 1. The highest BCUT2D eigenvalue weighted by Crippen LogP contribution is 2.45. The van der Waals surface area contributed by atoms with E-state index in [1.54, 1.807) is 11.0 Å². The van der Waals surface area contributed by atoms with E-state index in [9.17, 15) is 14.2 Å². The van der Waals surface area contributed by atoms with Crippen molar-refractivity contribution in [1.82, 2.24) is 4.90 Å². The molecule has 1 amide bonds. The van der Waals surface area contributed by atoms with E-state index in [0.717, 1.165) is 32.1 Å². The Morgan fingerprint density at radius 2 is 1.83 bits per heavy atom. The largest absolute Gasteiger partial charge is 0.466 e. The van der Waals surface area contributed by atoms with Gasteiger partial charge in [-0.1, -0.05) is 35.0 Å². The van der Waals surface area contributed by atoms with Gasteiger partial charge in [0.2, 0.25) is 7.37 Å². The van der Waals surface area contributed by atoms with Crippen LogP contribution < -0.4 is 9.26 Å². The lowest BCUT2D eigenvalue weighted by Crippen LogP contribution is -2.37. The van der Waals surface area contributed by atoms with E-state index < -0.39 is 13.3 Å². The number of rotatable bonds is 9. The number of carbonyl (C=O) groups is 2. The fraction of sp³-hybridized carbons (Fsp3) is 0.552. The van der Waals surface area contributed by atoms with Gasteiger partial charge in [-0.3, -0.25) is 9.36 Å². The van der Waals surface area contributed by atoms with Crippen molar-refractivity contribution in [2.24, 2.45) is 5.16 Å². The topological polar surface area (TPSA) is 113 Å². The lowest BCUT2D eigenvalue weighted by molar-refractivity contribution is -0.137. The van der Waals surface area contributed by atoms with Gasteiger partial charge in [0.15, 0.2) is 13.4 Å². The van der Waals surface area contributed by atoms with Gasteiger partial charge < -0.3 is 28.5 Å². The Bertz CT molecular complexity index is 1190. The van der Waals surface area contributed by atoms with Crippen LogP contribution in [-0.4, -0.2) is 75.5 Å². The molecule has 1 aromatic rings. The third-order valence-electron chi connectivity index (χ3n) is 6.25. The molecule has 2 aliphatic rings. The first kappa shape index (κ1) is 32.7. The fourth-order valence-electron chi connectivity index (χ4n) is 4.30. The van der Waals surface area contributed by atoms with Crippen molar-refractivity contribution in [2.75, 3.05) is 53.0 Å². The van der Waals surface area contributed by atoms with Crippen LogP contribution in [0.2, 0.25) is 5.02 Å². The third kappa shape index (κ3) is 10.8. The number of ether oxygens (including phenoxy) is 3. The molecular weight excluding hydrogens is 571 g/mol. The van der Waals surface area contributed by atoms with Crippen LogP contribution in [0, 0.1) is 0 Å². The van der Waals surface area contributed by atoms with Gasteiger partial charge in [-0.05, 0) is 57.1 Å². The summed E-state index contributed by atoms with van der Waals surface area (Å²) in [5.74, 6) is -0.614. The van der Waals surface area contributed by atoms with E-state index in [-0.39, 0.29) is 54.4 Å². The molecule has 0 aromatic heterocycles. The molecule has 226 valence electrons. The Morgan fingerprint density at radius 3 is 2.56 bits per heavy atom. The number of hydrogen-bond donors (Lipinski definition) is 0. The molecule has 1 aromatic carbocycles. The number of hydrogen-bond acceptors (Lipinski definition) is 9. The van der Waals surface area contributed by atoms with E-state index in [1.165, 1.54) is 19.4 Å². The summed E-state index contributed by atoms with van der Waals surface area (Å²) in [7, 11) is -3.12. The number of amides is 1. The standard InChI is InChI=1S/C29H40ClN2O8P/c1-4-36-21-38-25-19-24(40-41(2,3)35)27-23(28(25)30)18-22(14-10-7-5-6-8-13-17-37-29(27)34)31-39-20-26(33)32-15-11-9-12-16-32/h6,8,10,14,19H,4-5,7,9,11-13,15-18,20-21H2,1-3H3/b8-6+,14-10+,31-22+. The molecule has 2 heterocycles. The Morgan fingerprint density at radius 1 is 1.10 bits per heavy atom. The fourth-order valence-corrected chi connectivity index (χ4v) is 5.19. The van der Waals surface area contributed by atoms with Crippen LogP contribution in [0.5, 0.6) is 11.5 Å². The van der Waals surface area contributed by atoms with Gasteiger partial charge in [0.05, 0.1) is 17.3 Å². The maximum absolute atomic E-state index is 13.4. The van der Waals surface area contributed by atoms with Crippen LogP contribution in [-0.2, 0) is 30.1 Å². The van der Waals surface area contributed by atoms with Crippen molar-refractivity contribution in [3.63, 3.8) is 0 Å². The van der Waals surface area contributed by atoms with E-state index in [4.69, 9.17) is 35.2 Å². The minimum Gasteiger partial charge on any atom is -0.466 e. The maximum atomic E-state index is 13.4. The number of cyclic esters (lactones) is 1. The molecule has 0 N–H and O–H groups in total. The van der Waals surface area contributed by atoms with E-state index in [0.29, 0.717) is 37.4 Å². The van der Waals surface area contributed by atoms with Crippen molar-refractivity contribution in [2.45, 2.75) is 51.9 Å². The zero-order chi connectivity index (χ0) is 29.7. The SMILES string of the molecule is CCOCOc1cc(OP(C)(C)=O)c2c(c1Cl)CC(=N/OCC(=O)N1CCCCC1)/C=C/CC/C=C/CCOC2=O. The molecule has 0 radical (unpaired) electrons. The van der Waals surface area contributed by atoms with Crippen LogP contribution >= 0.6 is 19.0 Å². The lowest BCUT2D eigenvalue weighted by Gasteiger charge is -2.26. The number of allylic oxidation sites excluding steroid dienone is 3. The maximum Gasteiger partial charge on any atom is 0.342 e. The monoisotopic (exact) mass is 610 g/mol. The molecule has 0 unspecified atom stereocenters. The molecule has 2 aliphatic heterocycles. The van der Waals surface area contributed by atoms with E-state index >= 15 is 0 Å². The number of likely N-dealkylation sites (tertiary alicyclic amines) is 1. The summed E-state index contributed by atoms with van der Waals surface area (Å²) < 4.78 is 35.1. The van der Waals surface area contributed by atoms with Crippen LogP contribution in [0.15, 0.2) is 35.5 Å². The predicted molar refractivity (Wildman–Crippen MR) is 159 cm³/mol. The van der Waals surface area contributed by atoms with Crippen LogP contribution in [0.1, 0.15) is 61.4 Å². The molecule has 1 fully saturated rings. The molecule has 3 rings (SSSR count). The first-order valence-corrected chi connectivity index (χ1v) is 16.8. The molecular formula is C29H40ClN2O8P. The minimum atomic E-state index is -3.12. The van der Waals surface area contributed by atoms with Crippen molar-refractivity contribution in [1.29, 1.82) is 0 Å². The average molecular weight is 611 g/mol. The van der Waals surface area contributed by atoms with E-state index in [2.05, 4.69) is 5.16 Å². The highest BCUT2D eigenvalue weighted by atomic mass is 35.5. The summed E-state index contributed by atoms with van der Waals surface area (Å²) in [5, 5.41) is 4.38. The van der Waals surface area contributed by atoms with Gasteiger partial charge in [-0.25, -0.2) is 4.79 Å². The number of halogens is 1. The van der Waals surface area contributed by atoms with Gasteiger partial charge >= 0.3 is 5.97 Å². The number of nitrogens with zero attached hydrogens (tertiary/aromatic N) is 2. The Kier molecular flexibility index (Phi) is 13.2. The Hall–Kier alpha value is -2.81. The highest BCUT2D eigenvalue weighted by Gasteiger charge is 2.28. The Balaban J connectivity index is 2.03. The number of oxime groups is 1. The summed E-state index contributed by atoms with van der Waals surface area (Å²) in [6.45, 7) is 6.39. The van der Waals surface area contributed by atoms with Gasteiger partial charge in [0.25, 0.3) is 5.91 Å². The van der Waals surface area contributed by atoms with Crippen molar-refractivity contribution in [3.8, 4) is 11.5 Å². The van der Waals surface area contributed by atoms with Gasteiger partial charge in [0, 0.05) is 45.5 Å². The smallest absolute Gasteiger partial charge is 0.342 e. The number of piperidine rings is 1.